The first kappa shape index (κ1) is 15.8. The molecule has 3 amide bonds. The zero-order valence-corrected chi connectivity index (χ0v) is 13.7. The standard InChI is InChI=1S/C17H24N4O2/c1-19(2)12-16(22)20-8-13-10-21(11-14(13)9-20)17(23)18-15-6-4-3-5-7-15/h3-7,13-14H,8-12H2,1-2H3,(H,18,23). The van der Waals surface area contributed by atoms with E-state index in [4.69, 9.17) is 0 Å². The predicted octanol–water partition coefficient (Wildman–Crippen LogP) is 1.17. The molecule has 6 heteroatoms. The molecule has 3 rings (SSSR count). The second-order valence-electron chi connectivity index (χ2n) is 6.76. The molecule has 2 aliphatic rings. The average Bonchev–Trinajstić information content (AvgIpc) is 3.06. The summed E-state index contributed by atoms with van der Waals surface area (Å²) < 4.78 is 0. The monoisotopic (exact) mass is 316 g/mol. The van der Waals surface area contributed by atoms with Gasteiger partial charge in [0.25, 0.3) is 0 Å². The molecule has 0 spiro atoms. The third-order valence-corrected chi connectivity index (χ3v) is 4.60. The molecule has 23 heavy (non-hydrogen) atoms. The lowest BCUT2D eigenvalue weighted by Crippen LogP contribution is -2.40. The smallest absolute Gasteiger partial charge is 0.321 e. The van der Waals surface area contributed by atoms with Crippen molar-refractivity contribution < 1.29 is 9.59 Å². The van der Waals surface area contributed by atoms with Crippen molar-refractivity contribution in [3.8, 4) is 0 Å². The molecule has 2 heterocycles. The maximum Gasteiger partial charge on any atom is 0.321 e. The van der Waals surface area contributed by atoms with Crippen LogP contribution in [0.25, 0.3) is 0 Å². The molecule has 2 fully saturated rings. The minimum atomic E-state index is -0.0447. The maximum absolute atomic E-state index is 12.3. The fourth-order valence-electron chi connectivity index (χ4n) is 3.46. The molecule has 1 aromatic rings. The number of likely N-dealkylation sites (tertiary alicyclic amines) is 2. The first-order valence-corrected chi connectivity index (χ1v) is 8.06. The van der Waals surface area contributed by atoms with Gasteiger partial charge in [-0.3, -0.25) is 4.79 Å². The highest BCUT2D eigenvalue weighted by molar-refractivity contribution is 5.89. The molecule has 0 aliphatic carbocycles. The van der Waals surface area contributed by atoms with E-state index in [0.29, 0.717) is 18.4 Å². The summed E-state index contributed by atoms with van der Waals surface area (Å²) in [6.45, 7) is 3.46. The summed E-state index contributed by atoms with van der Waals surface area (Å²) in [6, 6.07) is 9.46. The van der Waals surface area contributed by atoms with E-state index >= 15 is 0 Å². The lowest BCUT2D eigenvalue weighted by molar-refractivity contribution is -0.131. The summed E-state index contributed by atoms with van der Waals surface area (Å²) >= 11 is 0. The molecule has 2 atom stereocenters. The van der Waals surface area contributed by atoms with Crippen molar-refractivity contribution in [2.45, 2.75) is 0 Å². The van der Waals surface area contributed by atoms with Crippen molar-refractivity contribution >= 4 is 17.6 Å². The number of hydrogen-bond acceptors (Lipinski definition) is 3. The summed E-state index contributed by atoms with van der Waals surface area (Å²) in [5.41, 5.74) is 0.817. The largest absolute Gasteiger partial charge is 0.341 e. The molecule has 2 unspecified atom stereocenters. The van der Waals surface area contributed by atoms with Crippen LogP contribution in [0.2, 0.25) is 0 Å². The van der Waals surface area contributed by atoms with Crippen LogP contribution in [0.1, 0.15) is 0 Å². The van der Waals surface area contributed by atoms with Crippen LogP contribution in [0, 0.1) is 11.8 Å². The van der Waals surface area contributed by atoms with E-state index < -0.39 is 0 Å². The number of rotatable bonds is 3. The number of likely N-dealkylation sites (N-methyl/N-ethyl adjacent to an activating group) is 1. The van der Waals surface area contributed by atoms with Crippen LogP contribution < -0.4 is 5.32 Å². The lowest BCUT2D eigenvalue weighted by Gasteiger charge is -2.23. The topological polar surface area (TPSA) is 55.9 Å². The number of nitrogens with zero attached hydrogens (tertiary/aromatic N) is 3. The Balaban J connectivity index is 1.51. The van der Waals surface area contributed by atoms with E-state index in [1.165, 1.54) is 0 Å². The normalized spacial score (nSPS) is 23.3. The van der Waals surface area contributed by atoms with E-state index in [0.717, 1.165) is 31.9 Å². The molecule has 1 aromatic carbocycles. The first-order chi connectivity index (χ1) is 11.0. The highest BCUT2D eigenvalue weighted by Gasteiger charge is 2.42. The Kier molecular flexibility index (Phi) is 4.52. The van der Waals surface area contributed by atoms with Gasteiger partial charge in [0.1, 0.15) is 0 Å². The molecule has 0 bridgehead atoms. The van der Waals surface area contributed by atoms with Gasteiger partial charge in [-0.25, -0.2) is 4.79 Å². The van der Waals surface area contributed by atoms with E-state index in [9.17, 15) is 9.59 Å². The number of para-hydroxylation sites is 1. The number of carbonyl (C=O) groups is 2. The van der Waals surface area contributed by atoms with Crippen molar-refractivity contribution in [2.75, 3.05) is 52.1 Å². The number of hydrogen-bond donors (Lipinski definition) is 1. The van der Waals surface area contributed by atoms with Crippen LogP contribution in [0.4, 0.5) is 10.5 Å². The Hall–Kier alpha value is -2.08. The summed E-state index contributed by atoms with van der Waals surface area (Å²) in [5.74, 6) is 0.995. The van der Waals surface area contributed by atoms with Crippen LogP contribution in [-0.4, -0.2) is 73.5 Å². The zero-order chi connectivity index (χ0) is 16.4. The van der Waals surface area contributed by atoms with Crippen LogP contribution in [0.15, 0.2) is 30.3 Å². The van der Waals surface area contributed by atoms with Crippen LogP contribution in [0.3, 0.4) is 0 Å². The highest BCUT2D eigenvalue weighted by atomic mass is 16.2. The molecule has 2 aliphatic heterocycles. The molecule has 124 valence electrons. The Morgan fingerprint density at radius 2 is 1.61 bits per heavy atom. The summed E-state index contributed by atoms with van der Waals surface area (Å²) in [7, 11) is 3.81. The fourth-order valence-corrected chi connectivity index (χ4v) is 3.46. The van der Waals surface area contributed by atoms with Crippen molar-refractivity contribution in [3.63, 3.8) is 0 Å². The van der Waals surface area contributed by atoms with Gasteiger partial charge in [-0.15, -0.1) is 0 Å². The van der Waals surface area contributed by atoms with Gasteiger partial charge in [0.15, 0.2) is 0 Å². The van der Waals surface area contributed by atoms with Gasteiger partial charge in [0.2, 0.25) is 5.91 Å². The number of fused-ring (bicyclic) bond motifs is 1. The van der Waals surface area contributed by atoms with Crippen molar-refractivity contribution in [1.29, 1.82) is 0 Å². The minimum absolute atomic E-state index is 0.0447. The Bertz CT molecular complexity index is 561. The molecule has 0 saturated carbocycles. The van der Waals surface area contributed by atoms with Gasteiger partial charge in [0, 0.05) is 43.7 Å². The Morgan fingerprint density at radius 1 is 1.04 bits per heavy atom. The first-order valence-electron chi connectivity index (χ1n) is 8.06. The van der Waals surface area contributed by atoms with Gasteiger partial charge < -0.3 is 20.0 Å². The molecule has 2 saturated heterocycles. The second kappa shape index (κ2) is 6.58. The number of amides is 3. The second-order valence-corrected chi connectivity index (χ2v) is 6.76. The van der Waals surface area contributed by atoms with E-state index in [-0.39, 0.29) is 11.9 Å². The lowest BCUT2D eigenvalue weighted by atomic mass is 10.0. The number of anilines is 1. The molecule has 0 aromatic heterocycles. The fraction of sp³-hybridized carbons (Fsp3) is 0.529. The predicted molar refractivity (Wildman–Crippen MR) is 89.1 cm³/mol. The number of carbonyl (C=O) groups excluding carboxylic acids is 2. The van der Waals surface area contributed by atoms with Gasteiger partial charge in [-0.2, -0.15) is 0 Å². The van der Waals surface area contributed by atoms with E-state index in [2.05, 4.69) is 5.32 Å². The Morgan fingerprint density at radius 3 is 2.17 bits per heavy atom. The number of benzene rings is 1. The summed E-state index contributed by atoms with van der Waals surface area (Å²) in [5, 5.41) is 2.93. The van der Waals surface area contributed by atoms with Gasteiger partial charge in [-0.1, -0.05) is 18.2 Å². The summed E-state index contributed by atoms with van der Waals surface area (Å²) in [4.78, 5) is 30.2. The summed E-state index contributed by atoms with van der Waals surface area (Å²) in [6.07, 6.45) is 0. The minimum Gasteiger partial charge on any atom is -0.341 e. The average molecular weight is 316 g/mol. The van der Waals surface area contributed by atoms with E-state index in [1.807, 2.05) is 59.1 Å². The molecule has 0 radical (unpaired) electrons. The Labute approximate surface area is 137 Å². The molecule has 1 N–H and O–H groups in total. The third kappa shape index (κ3) is 3.64. The number of nitrogens with one attached hydrogen (secondary N) is 1. The quantitative estimate of drug-likeness (QED) is 0.911. The van der Waals surface area contributed by atoms with Gasteiger partial charge in [-0.05, 0) is 26.2 Å². The molecular formula is C17H24N4O2. The van der Waals surface area contributed by atoms with Crippen molar-refractivity contribution in [3.05, 3.63) is 30.3 Å². The van der Waals surface area contributed by atoms with E-state index in [1.54, 1.807) is 0 Å². The maximum atomic E-state index is 12.3. The molecule has 6 nitrogen and oxygen atoms in total. The highest BCUT2D eigenvalue weighted by Crippen LogP contribution is 2.31. The third-order valence-electron chi connectivity index (χ3n) is 4.60. The zero-order valence-electron chi connectivity index (χ0n) is 13.7. The van der Waals surface area contributed by atoms with Gasteiger partial charge >= 0.3 is 6.03 Å². The van der Waals surface area contributed by atoms with Crippen molar-refractivity contribution in [2.24, 2.45) is 11.8 Å². The molecular weight excluding hydrogens is 292 g/mol. The van der Waals surface area contributed by atoms with Crippen LogP contribution >= 0.6 is 0 Å². The van der Waals surface area contributed by atoms with Crippen LogP contribution in [-0.2, 0) is 4.79 Å². The van der Waals surface area contributed by atoms with Crippen molar-refractivity contribution in [1.82, 2.24) is 14.7 Å². The number of urea groups is 1. The SMILES string of the molecule is CN(C)CC(=O)N1CC2CN(C(=O)Nc3ccccc3)CC2C1. The van der Waals surface area contributed by atoms with Gasteiger partial charge in [0.05, 0.1) is 6.54 Å². The van der Waals surface area contributed by atoms with Crippen LogP contribution in [0.5, 0.6) is 0 Å².